The van der Waals surface area contributed by atoms with Crippen molar-refractivity contribution in [3.8, 4) is 11.5 Å². The summed E-state index contributed by atoms with van der Waals surface area (Å²) >= 11 is 0. The molecule has 0 saturated carbocycles. The Morgan fingerprint density at radius 3 is 2.60 bits per heavy atom. The van der Waals surface area contributed by atoms with Crippen molar-refractivity contribution in [1.82, 2.24) is 9.78 Å². The average Bonchev–Trinajstić information content (AvgIpc) is 2.89. The molecule has 8 heteroatoms. The number of oxime groups is 1. The first-order valence-electron chi connectivity index (χ1n) is 5.72. The SMILES string of the molecule is CCn1cc(Oc2c(F)cc(/C(N)=N/O)cc2F)cn1. The van der Waals surface area contributed by atoms with E-state index in [1.54, 1.807) is 4.68 Å². The molecule has 0 bridgehead atoms. The van der Waals surface area contributed by atoms with Crippen LogP contribution in [0.15, 0.2) is 29.7 Å². The second-order valence-electron chi connectivity index (χ2n) is 3.89. The molecule has 1 aromatic heterocycles. The number of halogens is 2. The van der Waals surface area contributed by atoms with Crippen LogP contribution in [0.4, 0.5) is 8.78 Å². The minimum absolute atomic E-state index is 0.0842. The van der Waals surface area contributed by atoms with E-state index in [1.807, 2.05) is 6.92 Å². The molecule has 6 nitrogen and oxygen atoms in total. The van der Waals surface area contributed by atoms with Crippen LogP contribution in [0.1, 0.15) is 12.5 Å². The third-order valence-corrected chi connectivity index (χ3v) is 2.56. The first-order valence-corrected chi connectivity index (χ1v) is 5.72. The number of aromatic nitrogens is 2. The number of nitrogens with two attached hydrogens (primary N) is 1. The standard InChI is InChI=1S/C12H12F2N4O2/c1-2-18-6-8(5-16-18)20-11-9(13)3-7(4-10(11)14)12(15)17-19/h3-6,19H,2H2,1H3,(H2,15,17). The van der Waals surface area contributed by atoms with Crippen LogP contribution in [0, 0.1) is 11.6 Å². The van der Waals surface area contributed by atoms with E-state index in [2.05, 4.69) is 10.3 Å². The monoisotopic (exact) mass is 282 g/mol. The number of rotatable bonds is 4. The van der Waals surface area contributed by atoms with Gasteiger partial charge in [0.05, 0.1) is 12.4 Å². The molecule has 0 aliphatic heterocycles. The Kier molecular flexibility index (Phi) is 3.83. The molecule has 2 rings (SSSR count). The van der Waals surface area contributed by atoms with Gasteiger partial charge in [-0.1, -0.05) is 5.16 Å². The molecule has 0 amide bonds. The van der Waals surface area contributed by atoms with Gasteiger partial charge in [-0.3, -0.25) is 4.68 Å². The summed E-state index contributed by atoms with van der Waals surface area (Å²) < 4.78 is 34.3. The zero-order valence-corrected chi connectivity index (χ0v) is 10.5. The Morgan fingerprint density at radius 2 is 2.10 bits per heavy atom. The Labute approximate surface area is 113 Å². The summed E-state index contributed by atoms with van der Waals surface area (Å²) in [5, 5.41) is 15.1. The summed E-state index contributed by atoms with van der Waals surface area (Å²) in [6.07, 6.45) is 2.86. The van der Waals surface area contributed by atoms with Crippen molar-refractivity contribution < 1.29 is 18.7 Å². The molecule has 1 heterocycles. The quantitative estimate of drug-likeness (QED) is 0.389. The molecule has 0 fully saturated rings. The fourth-order valence-electron chi connectivity index (χ4n) is 1.55. The van der Waals surface area contributed by atoms with Crippen LogP contribution in [0.25, 0.3) is 0 Å². The van der Waals surface area contributed by atoms with Crippen LogP contribution in [0.2, 0.25) is 0 Å². The lowest BCUT2D eigenvalue weighted by atomic mass is 10.2. The van der Waals surface area contributed by atoms with Gasteiger partial charge in [-0.2, -0.15) is 5.10 Å². The van der Waals surface area contributed by atoms with Crippen molar-refractivity contribution in [2.45, 2.75) is 13.5 Å². The number of nitrogens with zero attached hydrogens (tertiary/aromatic N) is 3. The number of amidine groups is 1. The topological polar surface area (TPSA) is 85.7 Å². The zero-order chi connectivity index (χ0) is 14.7. The predicted octanol–water partition coefficient (Wildman–Crippen LogP) is 2.07. The van der Waals surface area contributed by atoms with Crippen LogP contribution in [0.3, 0.4) is 0 Å². The highest BCUT2D eigenvalue weighted by atomic mass is 19.1. The summed E-state index contributed by atoms with van der Waals surface area (Å²) in [5.74, 6) is -2.68. The zero-order valence-electron chi connectivity index (χ0n) is 10.5. The fraction of sp³-hybridized carbons (Fsp3) is 0.167. The van der Waals surface area contributed by atoms with Gasteiger partial charge < -0.3 is 15.7 Å². The molecule has 1 aromatic carbocycles. The van der Waals surface area contributed by atoms with Crippen molar-refractivity contribution in [3.05, 3.63) is 41.7 Å². The van der Waals surface area contributed by atoms with Gasteiger partial charge in [0.2, 0.25) is 0 Å². The first kappa shape index (κ1) is 13.8. The van der Waals surface area contributed by atoms with E-state index in [0.29, 0.717) is 6.54 Å². The van der Waals surface area contributed by atoms with E-state index in [4.69, 9.17) is 15.7 Å². The van der Waals surface area contributed by atoms with Crippen molar-refractivity contribution in [2.24, 2.45) is 10.9 Å². The van der Waals surface area contributed by atoms with Gasteiger partial charge in [-0.25, -0.2) is 8.78 Å². The molecule has 0 aliphatic rings. The minimum Gasteiger partial charge on any atom is -0.448 e. The molecular formula is C12H12F2N4O2. The van der Waals surface area contributed by atoms with Crippen LogP contribution in [-0.4, -0.2) is 20.8 Å². The smallest absolute Gasteiger partial charge is 0.198 e. The maximum Gasteiger partial charge on any atom is 0.198 e. The predicted molar refractivity (Wildman–Crippen MR) is 66.8 cm³/mol. The highest BCUT2D eigenvalue weighted by Gasteiger charge is 2.16. The first-order chi connectivity index (χ1) is 9.55. The normalized spacial score (nSPS) is 11.7. The largest absolute Gasteiger partial charge is 0.448 e. The van der Waals surface area contributed by atoms with E-state index in [9.17, 15) is 8.78 Å². The minimum atomic E-state index is -0.962. The van der Waals surface area contributed by atoms with Crippen molar-refractivity contribution >= 4 is 5.84 Å². The van der Waals surface area contributed by atoms with Gasteiger partial charge in [-0.05, 0) is 19.1 Å². The summed E-state index contributed by atoms with van der Waals surface area (Å²) in [4.78, 5) is 0. The maximum atomic E-state index is 13.8. The van der Waals surface area contributed by atoms with Crippen LogP contribution < -0.4 is 10.5 Å². The van der Waals surface area contributed by atoms with Crippen LogP contribution >= 0.6 is 0 Å². The second-order valence-corrected chi connectivity index (χ2v) is 3.89. The Balaban J connectivity index is 2.33. The van der Waals surface area contributed by atoms with Gasteiger partial charge in [0, 0.05) is 12.1 Å². The summed E-state index contributed by atoms with van der Waals surface area (Å²) in [5.41, 5.74) is 5.18. The molecule has 0 aliphatic carbocycles. The Morgan fingerprint density at radius 1 is 1.45 bits per heavy atom. The number of ether oxygens (including phenoxy) is 1. The molecule has 0 atom stereocenters. The summed E-state index contributed by atoms with van der Waals surface area (Å²) in [6.45, 7) is 2.47. The molecule has 0 unspecified atom stereocenters. The summed E-state index contributed by atoms with van der Waals surface area (Å²) in [7, 11) is 0. The molecule has 0 spiro atoms. The van der Waals surface area contributed by atoms with Gasteiger partial charge >= 0.3 is 0 Å². The third kappa shape index (κ3) is 2.68. The molecule has 2 aromatic rings. The van der Waals surface area contributed by atoms with E-state index in [1.165, 1.54) is 12.4 Å². The molecular weight excluding hydrogens is 270 g/mol. The highest BCUT2D eigenvalue weighted by molar-refractivity contribution is 5.97. The van der Waals surface area contributed by atoms with E-state index in [-0.39, 0.29) is 11.3 Å². The maximum absolute atomic E-state index is 13.8. The van der Waals surface area contributed by atoms with Crippen molar-refractivity contribution in [3.63, 3.8) is 0 Å². The molecule has 0 saturated heterocycles. The lowest BCUT2D eigenvalue weighted by Crippen LogP contribution is -2.14. The molecule has 3 N–H and O–H groups in total. The number of hydrogen-bond acceptors (Lipinski definition) is 4. The number of hydrogen-bond donors (Lipinski definition) is 2. The lowest BCUT2D eigenvalue weighted by molar-refractivity contribution is 0.318. The van der Waals surface area contributed by atoms with Gasteiger partial charge in [0.15, 0.2) is 29.0 Å². The molecule has 20 heavy (non-hydrogen) atoms. The number of benzene rings is 1. The Hall–Kier alpha value is -2.64. The number of aryl methyl sites for hydroxylation is 1. The molecule has 106 valence electrons. The third-order valence-electron chi connectivity index (χ3n) is 2.56. The van der Waals surface area contributed by atoms with Gasteiger partial charge in [0.25, 0.3) is 0 Å². The van der Waals surface area contributed by atoms with Crippen LogP contribution in [-0.2, 0) is 6.54 Å². The molecule has 0 radical (unpaired) electrons. The average molecular weight is 282 g/mol. The summed E-state index contributed by atoms with van der Waals surface area (Å²) in [6, 6.07) is 1.83. The van der Waals surface area contributed by atoms with Crippen molar-refractivity contribution in [1.29, 1.82) is 0 Å². The highest BCUT2D eigenvalue weighted by Crippen LogP contribution is 2.28. The van der Waals surface area contributed by atoms with E-state index >= 15 is 0 Å². The van der Waals surface area contributed by atoms with Crippen molar-refractivity contribution in [2.75, 3.05) is 0 Å². The second kappa shape index (κ2) is 5.55. The van der Waals surface area contributed by atoms with Gasteiger partial charge in [0.1, 0.15) is 0 Å². The Bertz CT molecular complexity index is 632. The van der Waals surface area contributed by atoms with E-state index < -0.39 is 23.2 Å². The lowest BCUT2D eigenvalue weighted by Gasteiger charge is -2.07. The van der Waals surface area contributed by atoms with Gasteiger partial charge in [-0.15, -0.1) is 0 Å². The van der Waals surface area contributed by atoms with Crippen LogP contribution in [0.5, 0.6) is 11.5 Å². The fourth-order valence-corrected chi connectivity index (χ4v) is 1.55. The van der Waals surface area contributed by atoms with E-state index in [0.717, 1.165) is 12.1 Å².